The monoisotopic (exact) mass is 269 g/mol. The van der Waals surface area contributed by atoms with Gasteiger partial charge >= 0.3 is 0 Å². The van der Waals surface area contributed by atoms with Crippen molar-refractivity contribution in [3.63, 3.8) is 0 Å². The summed E-state index contributed by atoms with van der Waals surface area (Å²) in [7, 11) is 0. The van der Waals surface area contributed by atoms with Crippen LogP contribution in [0.5, 0.6) is 0 Å². The van der Waals surface area contributed by atoms with Crippen LogP contribution in [0.25, 0.3) is 0 Å². The van der Waals surface area contributed by atoms with E-state index in [1.54, 1.807) is 0 Å². The van der Waals surface area contributed by atoms with Gasteiger partial charge in [0.05, 0.1) is 28.1 Å². The smallest absolute Gasteiger partial charge is 0.280 e. The lowest BCUT2D eigenvalue weighted by Gasteiger charge is -2.19. The zero-order valence-corrected chi connectivity index (χ0v) is 10.9. The quantitative estimate of drug-likeness (QED) is 0.649. The first-order valence-electron chi connectivity index (χ1n) is 5.53. The lowest BCUT2D eigenvalue weighted by atomic mass is 10.1. The summed E-state index contributed by atoms with van der Waals surface area (Å²) in [5.74, 6) is 0. The number of hydroxylamine groups is 1. The summed E-state index contributed by atoms with van der Waals surface area (Å²) in [5, 5.41) is 21.4. The van der Waals surface area contributed by atoms with Crippen LogP contribution in [0.1, 0.15) is 26.3 Å². The van der Waals surface area contributed by atoms with E-state index in [0.29, 0.717) is 5.56 Å². The Labute approximate surface area is 109 Å². The molecule has 19 heavy (non-hydrogen) atoms. The van der Waals surface area contributed by atoms with Crippen molar-refractivity contribution in [2.24, 2.45) is 0 Å². The molecule has 8 heteroatoms. The summed E-state index contributed by atoms with van der Waals surface area (Å²) in [4.78, 5) is 25.4. The molecule has 0 bridgehead atoms. The van der Waals surface area contributed by atoms with Crippen LogP contribution in [-0.4, -0.2) is 15.4 Å². The number of nitrogens with zero attached hydrogens (tertiary/aromatic N) is 2. The fourth-order valence-electron chi connectivity index (χ4n) is 1.32. The molecule has 1 N–H and O–H groups in total. The minimum atomic E-state index is -0.671. The molecule has 8 nitrogen and oxygen atoms in total. The molecular weight excluding hydrogens is 254 g/mol. The van der Waals surface area contributed by atoms with Gasteiger partial charge in [0.25, 0.3) is 11.4 Å². The molecule has 1 rings (SSSR count). The van der Waals surface area contributed by atoms with Gasteiger partial charge in [-0.3, -0.25) is 25.1 Å². The van der Waals surface area contributed by atoms with E-state index in [1.807, 2.05) is 20.8 Å². The molecule has 0 aliphatic carbocycles. The number of hydrogen-bond acceptors (Lipinski definition) is 6. The second kappa shape index (κ2) is 5.72. The largest absolute Gasteiger partial charge is 0.296 e. The van der Waals surface area contributed by atoms with Gasteiger partial charge < -0.3 is 0 Å². The van der Waals surface area contributed by atoms with Crippen LogP contribution in [0.15, 0.2) is 18.2 Å². The number of nitro groups is 2. The molecule has 0 spiro atoms. The van der Waals surface area contributed by atoms with Gasteiger partial charge in [-0.05, 0) is 26.8 Å². The van der Waals surface area contributed by atoms with E-state index in [-0.39, 0.29) is 17.9 Å². The summed E-state index contributed by atoms with van der Waals surface area (Å²) >= 11 is 0. The Hall–Kier alpha value is -2.06. The van der Waals surface area contributed by atoms with Crippen molar-refractivity contribution in [1.29, 1.82) is 0 Å². The molecule has 1 aromatic carbocycles. The normalized spacial score (nSPS) is 11.3. The van der Waals surface area contributed by atoms with Crippen LogP contribution in [-0.2, 0) is 11.4 Å². The van der Waals surface area contributed by atoms with Gasteiger partial charge in [0, 0.05) is 11.6 Å². The standard InChI is InChI=1S/C11H15N3O5/c1-11(2,3)19-12-7-8-4-5-9(13(15)16)6-10(8)14(17)18/h4-6,12H,7H2,1-3H3. The third kappa shape index (κ3) is 4.60. The highest BCUT2D eigenvalue weighted by Gasteiger charge is 2.19. The summed E-state index contributed by atoms with van der Waals surface area (Å²) in [6.07, 6.45) is 0. The topological polar surface area (TPSA) is 108 Å². The number of hydrogen-bond donors (Lipinski definition) is 1. The fraction of sp³-hybridized carbons (Fsp3) is 0.455. The molecule has 0 atom stereocenters. The highest BCUT2D eigenvalue weighted by molar-refractivity contribution is 5.48. The highest BCUT2D eigenvalue weighted by Crippen LogP contribution is 2.24. The van der Waals surface area contributed by atoms with E-state index in [9.17, 15) is 20.2 Å². The first kappa shape index (κ1) is 15.0. The van der Waals surface area contributed by atoms with E-state index in [0.717, 1.165) is 6.07 Å². The predicted molar refractivity (Wildman–Crippen MR) is 67.4 cm³/mol. The van der Waals surface area contributed by atoms with Gasteiger partial charge in [-0.1, -0.05) is 0 Å². The summed E-state index contributed by atoms with van der Waals surface area (Å²) in [5.41, 5.74) is 1.88. The molecule has 0 aliphatic rings. The number of nitrogens with one attached hydrogen (secondary N) is 1. The van der Waals surface area contributed by atoms with Crippen molar-refractivity contribution >= 4 is 11.4 Å². The van der Waals surface area contributed by atoms with Crippen molar-refractivity contribution in [3.8, 4) is 0 Å². The third-order valence-electron chi connectivity index (χ3n) is 2.12. The van der Waals surface area contributed by atoms with E-state index < -0.39 is 15.4 Å². The molecule has 0 saturated heterocycles. The third-order valence-corrected chi connectivity index (χ3v) is 2.12. The van der Waals surface area contributed by atoms with Crippen LogP contribution in [0, 0.1) is 20.2 Å². The Morgan fingerprint density at radius 2 is 1.84 bits per heavy atom. The van der Waals surface area contributed by atoms with Gasteiger partial charge in [-0.25, -0.2) is 0 Å². The van der Waals surface area contributed by atoms with Gasteiger partial charge in [0.2, 0.25) is 0 Å². The lowest BCUT2D eigenvalue weighted by molar-refractivity contribution is -0.394. The number of rotatable bonds is 5. The average molecular weight is 269 g/mol. The molecule has 0 amide bonds. The Kier molecular flexibility index (Phi) is 4.52. The summed E-state index contributed by atoms with van der Waals surface area (Å²) < 4.78 is 0. The molecule has 0 heterocycles. The molecule has 0 radical (unpaired) electrons. The Morgan fingerprint density at radius 3 is 2.32 bits per heavy atom. The van der Waals surface area contributed by atoms with Crippen molar-refractivity contribution in [1.82, 2.24) is 5.48 Å². The van der Waals surface area contributed by atoms with Crippen molar-refractivity contribution < 1.29 is 14.7 Å². The van der Waals surface area contributed by atoms with Gasteiger partial charge in [0.15, 0.2) is 0 Å². The fourth-order valence-corrected chi connectivity index (χ4v) is 1.32. The minimum Gasteiger partial charge on any atom is -0.296 e. The molecule has 0 aromatic heterocycles. The highest BCUT2D eigenvalue weighted by atomic mass is 16.7. The van der Waals surface area contributed by atoms with Crippen LogP contribution in [0.2, 0.25) is 0 Å². The molecule has 0 saturated carbocycles. The van der Waals surface area contributed by atoms with Crippen molar-refractivity contribution in [2.75, 3.05) is 0 Å². The van der Waals surface area contributed by atoms with Crippen molar-refractivity contribution in [3.05, 3.63) is 44.0 Å². The molecule has 0 fully saturated rings. The summed E-state index contributed by atoms with van der Waals surface area (Å²) in [6.45, 7) is 5.56. The second-order valence-corrected chi connectivity index (χ2v) is 4.86. The van der Waals surface area contributed by atoms with E-state index >= 15 is 0 Å². The second-order valence-electron chi connectivity index (χ2n) is 4.86. The average Bonchev–Trinajstić information content (AvgIpc) is 2.27. The minimum absolute atomic E-state index is 0.0889. The van der Waals surface area contributed by atoms with Gasteiger partial charge in [-0.2, -0.15) is 5.48 Å². The van der Waals surface area contributed by atoms with Crippen LogP contribution in [0.4, 0.5) is 11.4 Å². The first-order chi connectivity index (χ1) is 8.70. The SMILES string of the molecule is CC(C)(C)ONCc1ccc([N+](=O)[O-])cc1[N+](=O)[O-]. The number of nitro benzene ring substituents is 2. The lowest BCUT2D eigenvalue weighted by Crippen LogP contribution is -2.28. The summed E-state index contributed by atoms with van der Waals surface area (Å²) in [6, 6.07) is 3.50. The maximum absolute atomic E-state index is 10.9. The zero-order chi connectivity index (χ0) is 14.6. The maximum atomic E-state index is 10.9. The van der Waals surface area contributed by atoms with Crippen LogP contribution < -0.4 is 5.48 Å². The maximum Gasteiger partial charge on any atom is 0.280 e. The predicted octanol–water partition coefficient (Wildman–Crippen LogP) is 2.32. The van der Waals surface area contributed by atoms with Gasteiger partial charge in [0.1, 0.15) is 0 Å². The Balaban J connectivity index is 2.89. The van der Waals surface area contributed by atoms with Crippen LogP contribution >= 0.6 is 0 Å². The van der Waals surface area contributed by atoms with Gasteiger partial charge in [-0.15, -0.1) is 0 Å². The van der Waals surface area contributed by atoms with E-state index in [2.05, 4.69) is 5.48 Å². The molecule has 0 aliphatic heterocycles. The Bertz CT molecular complexity index is 496. The number of non-ortho nitro benzene ring substituents is 1. The molecule has 104 valence electrons. The van der Waals surface area contributed by atoms with Crippen LogP contribution in [0.3, 0.4) is 0 Å². The molecular formula is C11H15N3O5. The van der Waals surface area contributed by atoms with E-state index in [4.69, 9.17) is 4.84 Å². The first-order valence-corrected chi connectivity index (χ1v) is 5.53. The molecule has 0 unspecified atom stereocenters. The molecule has 1 aromatic rings. The van der Waals surface area contributed by atoms with Crippen molar-refractivity contribution in [2.45, 2.75) is 32.9 Å². The number of benzene rings is 1. The van der Waals surface area contributed by atoms with E-state index in [1.165, 1.54) is 12.1 Å². The zero-order valence-electron chi connectivity index (χ0n) is 10.9. The Morgan fingerprint density at radius 1 is 1.21 bits per heavy atom.